The summed E-state index contributed by atoms with van der Waals surface area (Å²) in [5, 5.41) is 2.76. The van der Waals surface area contributed by atoms with Gasteiger partial charge in [-0.05, 0) is 53.8 Å². The lowest BCUT2D eigenvalue weighted by Gasteiger charge is -2.21. The molecule has 0 aliphatic heterocycles. The molecule has 1 heterocycles. The fourth-order valence-corrected chi connectivity index (χ4v) is 4.92. The summed E-state index contributed by atoms with van der Waals surface area (Å²) >= 11 is 1.51. The summed E-state index contributed by atoms with van der Waals surface area (Å²) < 4.78 is 44.6. The predicted molar refractivity (Wildman–Crippen MR) is 145 cm³/mol. The van der Waals surface area contributed by atoms with Gasteiger partial charge in [-0.15, -0.1) is 11.3 Å². The van der Waals surface area contributed by atoms with Crippen molar-refractivity contribution >= 4 is 16.5 Å². The number of aryl methyl sites for hydroxylation is 1. The molecule has 0 unspecified atom stereocenters. The van der Waals surface area contributed by atoms with Gasteiger partial charge in [0.25, 0.3) is 0 Å². The lowest BCUT2D eigenvalue weighted by molar-refractivity contribution is -0.137. The molecule has 0 spiro atoms. The Labute approximate surface area is 220 Å². The first-order valence-corrected chi connectivity index (χ1v) is 13.4. The van der Waals surface area contributed by atoms with Crippen LogP contribution in [-0.2, 0) is 25.7 Å². The Balaban J connectivity index is 1.38. The summed E-state index contributed by atoms with van der Waals surface area (Å²) in [6.45, 7) is 6.33. The Kier molecular flexibility index (Phi) is 8.87. The lowest BCUT2D eigenvalue weighted by Crippen LogP contribution is -2.23. The summed E-state index contributed by atoms with van der Waals surface area (Å²) in [4.78, 5) is 6.94. The quantitative estimate of drug-likeness (QED) is 0.196. The second-order valence-corrected chi connectivity index (χ2v) is 9.85. The van der Waals surface area contributed by atoms with Crippen LogP contribution in [0.2, 0.25) is 0 Å². The molecule has 0 bridgehead atoms. The average molecular weight is 525 g/mol. The molecule has 0 saturated heterocycles. The van der Waals surface area contributed by atoms with Crippen LogP contribution in [0.3, 0.4) is 0 Å². The Morgan fingerprint density at radius 3 is 2.08 bits per heavy atom. The van der Waals surface area contributed by atoms with Gasteiger partial charge in [-0.2, -0.15) is 13.2 Å². The fourth-order valence-electron chi connectivity index (χ4n) is 4.05. The van der Waals surface area contributed by atoms with Gasteiger partial charge in [0.1, 0.15) is 12.4 Å². The largest absolute Gasteiger partial charge is 0.489 e. The molecule has 0 atom stereocenters. The topological polar surface area (TPSA) is 25.4 Å². The maximum Gasteiger partial charge on any atom is 0.416 e. The Bertz CT molecular complexity index is 1250. The highest BCUT2D eigenvalue weighted by Gasteiger charge is 2.30. The van der Waals surface area contributed by atoms with Crippen molar-refractivity contribution in [2.45, 2.75) is 52.4 Å². The third kappa shape index (κ3) is 7.35. The van der Waals surface area contributed by atoms with E-state index in [4.69, 9.17) is 9.72 Å². The summed E-state index contributed by atoms with van der Waals surface area (Å²) in [6, 6.07) is 21.8. The van der Waals surface area contributed by atoms with Gasteiger partial charge in [-0.25, -0.2) is 4.98 Å². The van der Waals surface area contributed by atoms with Crippen LogP contribution in [0.4, 0.5) is 18.3 Å². The van der Waals surface area contributed by atoms with Gasteiger partial charge >= 0.3 is 6.18 Å². The van der Waals surface area contributed by atoms with Crippen molar-refractivity contribution < 1.29 is 17.9 Å². The van der Waals surface area contributed by atoms with Gasteiger partial charge in [0, 0.05) is 24.0 Å². The number of aromatic nitrogens is 1. The Hall–Kier alpha value is -3.32. The minimum Gasteiger partial charge on any atom is -0.489 e. The van der Waals surface area contributed by atoms with Gasteiger partial charge in [0.2, 0.25) is 0 Å². The zero-order valence-electron chi connectivity index (χ0n) is 21.1. The zero-order chi connectivity index (χ0) is 26.3. The van der Waals surface area contributed by atoms with Gasteiger partial charge in [0.05, 0.1) is 11.3 Å². The van der Waals surface area contributed by atoms with Crippen molar-refractivity contribution in [3.05, 3.63) is 100 Å². The van der Waals surface area contributed by atoms with Crippen molar-refractivity contribution in [2.24, 2.45) is 0 Å². The highest BCUT2D eigenvalue weighted by Crippen LogP contribution is 2.33. The standard InChI is InChI=1S/C30H31F3N2OS/c1-3-5-22-10-16-27(17-11-22)36-20-24-8-6-23(7-9-24)19-35(18-4-2)29-34-28(21-37-29)25-12-14-26(15-13-25)30(31,32)33/h6-17,21H,3-5,18-20H2,1-2H3. The molecule has 3 nitrogen and oxygen atoms in total. The van der Waals surface area contributed by atoms with Crippen LogP contribution in [0, 0.1) is 0 Å². The highest BCUT2D eigenvalue weighted by molar-refractivity contribution is 7.14. The van der Waals surface area contributed by atoms with Crippen molar-refractivity contribution in [1.82, 2.24) is 4.98 Å². The molecule has 4 rings (SSSR count). The average Bonchev–Trinajstić information content (AvgIpc) is 3.39. The summed E-state index contributed by atoms with van der Waals surface area (Å²) in [5.41, 5.74) is 4.29. The third-order valence-electron chi connectivity index (χ3n) is 6.03. The van der Waals surface area contributed by atoms with Crippen molar-refractivity contribution in [2.75, 3.05) is 11.4 Å². The number of rotatable bonds is 11. The molecule has 1 aromatic heterocycles. The molecule has 3 aromatic carbocycles. The number of benzene rings is 3. The molecule has 0 fully saturated rings. The number of hydrogen-bond acceptors (Lipinski definition) is 4. The van der Waals surface area contributed by atoms with E-state index in [9.17, 15) is 13.2 Å². The number of halogens is 3. The molecule has 0 saturated carbocycles. The molecule has 0 aliphatic rings. The first-order valence-electron chi connectivity index (χ1n) is 12.5. The molecule has 37 heavy (non-hydrogen) atoms. The second-order valence-electron chi connectivity index (χ2n) is 9.01. The highest BCUT2D eigenvalue weighted by atomic mass is 32.1. The molecule has 0 N–H and O–H groups in total. The maximum atomic E-state index is 12.9. The van der Waals surface area contributed by atoms with Crippen LogP contribution >= 0.6 is 11.3 Å². The van der Waals surface area contributed by atoms with Crippen LogP contribution in [0.15, 0.2) is 78.2 Å². The molecule has 0 amide bonds. The predicted octanol–water partition coefficient (Wildman–Crippen LogP) is 8.78. The van der Waals surface area contributed by atoms with Crippen LogP contribution in [0.25, 0.3) is 11.3 Å². The first-order chi connectivity index (χ1) is 17.9. The Morgan fingerprint density at radius 1 is 0.811 bits per heavy atom. The SMILES string of the molecule is CCCc1ccc(OCc2ccc(CN(CCC)c3nc(-c4ccc(C(F)(F)F)cc4)cs3)cc2)cc1. The van der Waals surface area contributed by atoms with Crippen LogP contribution in [0.1, 0.15) is 48.9 Å². The summed E-state index contributed by atoms with van der Waals surface area (Å²) in [7, 11) is 0. The molecule has 0 aliphatic carbocycles. The Morgan fingerprint density at radius 2 is 1.46 bits per heavy atom. The van der Waals surface area contributed by atoms with Gasteiger partial charge in [0.15, 0.2) is 5.13 Å². The van der Waals surface area contributed by atoms with Crippen LogP contribution < -0.4 is 9.64 Å². The van der Waals surface area contributed by atoms with Crippen LogP contribution in [-0.4, -0.2) is 11.5 Å². The molecular weight excluding hydrogens is 493 g/mol. The number of alkyl halides is 3. The molecule has 4 aromatic rings. The first kappa shape index (κ1) is 26.7. The van der Waals surface area contributed by atoms with E-state index in [1.165, 1.54) is 29.0 Å². The minimum absolute atomic E-state index is 0.509. The number of hydrogen-bond donors (Lipinski definition) is 0. The van der Waals surface area contributed by atoms with Gasteiger partial charge in [-0.1, -0.05) is 68.8 Å². The number of ether oxygens (including phenoxy) is 1. The lowest BCUT2D eigenvalue weighted by atomic mass is 10.1. The van der Waals surface area contributed by atoms with Gasteiger partial charge < -0.3 is 9.64 Å². The van der Waals surface area contributed by atoms with Crippen molar-refractivity contribution in [3.63, 3.8) is 0 Å². The van der Waals surface area contributed by atoms with E-state index >= 15 is 0 Å². The molecule has 194 valence electrons. The zero-order valence-corrected chi connectivity index (χ0v) is 21.9. The van der Waals surface area contributed by atoms with E-state index in [1.807, 2.05) is 17.5 Å². The molecular formula is C30H31F3N2OS. The summed E-state index contributed by atoms with van der Waals surface area (Å²) in [5.74, 6) is 0.866. The number of nitrogens with zero attached hydrogens (tertiary/aromatic N) is 2. The van der Waals surface area contributed by atoms with Gasteiger partial charge in [-0.3, -0.25) is 0 Å². The van der Waals surface area contributed by atoms with Crippen molar-refractivity contribution in [1.29, 1.82) is 0 Å². The van der Waals surface area contributed by atoms with E-state index in [1.54, 1.807) is 0 Å². The molecule has 0 radical (unpaired) electrons. The monoisotopic (exact) mass is 524 g/mol. The van der Waals surface area contributed by atoms with E-state index < -0.39 is 11.7 Å². The maximum absolute atomic E-state index is 12.9. The smallest absolute Gasteiger partial charge is 0.416 e. The second kappa shape index (κ2) is 12.3. The van der Waals surface area contributed by atoms with E-state index in [0.717, 1.165) is 59.9 Å². The van der Waals surface area contributed by atoms with Crippen LogP contribution in [0.5, 0.6) is 5.75 Å². The van der Waals surface area contributed by atoms with E-state index in [2.05, 4.69) is 55.1 Å². The molecule has 7 heteroatoms. The summed E-state index contributed by atoms with van der Waals surface area (Å²) in [6.07, 6.45) is -1.18. The number of thiazole rings is 1. The van der Waals surface area contributed by atoms with E-state index in [0.29, 0.717) is 24.4 Å². The van der Waals surface area contributed by atoms with Crippen molar-refractivity contribution in [3.8, 4) is 17.0 Å². The van der Waals surface area contributed by atoms with E-state index in [-0.39, 0.29) is 0 Å². The minimum atomic E-state index is -4.34. The number of anilines is 1. The fraction of sp³-hybridized carbons (Fsp3) is 0.300. The normalized spacial score (nSPS) is 11.5. The third-order valence-corrected chi connectivity index (χ3v) is 6.93.